The van der Waals surface area contributed by atoms with Crippen molar-refractivity contribution in [1.82, 2.24) is 0 Å². The highest BCUT2D eigenvalue weighted by molar-refractivity contribution is 6.02. The van der Waals surface area contributed by atoms with Crippen molar-refractivity contribution in [3.05, 3.63) is 23.8 Å². The topological polar surface area (TPSA) is 102 Å². The summed E-state index contributed by atoms with van der Waals surface area (Å²) in [5, 5.41) is 11.4. The molecular formula is C11H14N2O4. The Hall–Kier alpha value is -2.08. The zero-order chi connectivity index (χ0) is 13.0. The molecule has 92 valence electrons. The van der Waals surface area contributed by atoms with Crippen LogP contribution in [0.1, 0.15) is 17.3 Å². The summed E-state index contributed by atoms with van der Waals surface area (Å²) in [5.41, 5.74) is 5.54. The highest BCUT2D eigenvalue weighted by Crippen LogP contribution is 2.22. The predicted octanol–water partition coefficient (Wildman–Crippen LogP) is 0.679. The van der Waals surface area contributed by atoms with E-state index in [1.807, 2.05) is 0 Å². The minimum Gasteiger partial charge on any atom is -0.497 e. The number of aromatic carboxylic acids is 1. The molecule has 4 N–H and O–H groups in total. The van der Waals surface area contributed by atoms with Crippen LogP contribution in [0.4, 0.5) is 5.69 Å². The maximum absolute atomic E-state index is 11.4. The van der Waals surface area contributed by atoms with Crippen LogP contribution in [0.25, 0.3) is 0 Å². The number of carboxylic acids is 1. The maximum Gasteiger partial charge on any atom is 0.337 e. The number of carboxylic acid groups (broad SMARTS) is 1. The Morgan fingerprint density at radius 1 is 1.47 bits per heavy atom. The number of nitrogens with one attached hydrogen (secondary N) is 1. The average molecular weight is 238 g/mol. The Bertz CT molecular complexity index is 443. The normalized spacial score (nSPS) is 11.7. The van der Waals surface area contributed by atoms with Crippen molar-refractivity contribution in [2.24, 2.45) is 5.73 Å². The third-order valence-electron chi connectivity index (χ3n) is 2.13. The summed E-state index contributed by atoms with van der Waals surface area (Å²) in [7, 11) is 1.45. The second kappa shape index (κ2) is 5.31. The van der Waals surface area contributed by atoms with E-state index >= 15 is 0 Å². The van der Waals surface area contributed by atoms with E-state index in [2.05, 4.69) is 5.32 Å². The molecule has 1 amide bonds. The van der Waals surface area contributed by atoms with Crippen molar-refractivity contribution >= 4 is 17.6 Å². The van der Waals surface area contributed by atoms with Crippen LogP contribution in [0.5, 0.6) is 5.75 Å². The summed E-state index contributed by atoms with van der Waals surface area (Å²) < 4.78 is 4.96. The lowest BCUT2D eigenvalue weighted by Crippen LogP contribution is -2.33. The van der Waals surface area contributed by atoms with Crippen molar-refractivity contribution in [3.8, 4) is 5.75 Å². The van der Waals surface area contributed by atoms with Crippen molar-refractivity contribution in [3.63, 3.8) is 0 Å². The molecule has 1 atom stereocenters. The smallest absolute Gasteiger partial charge is 0.337 e. The maximum atomic E-state index is 11.4. The molecule has 0 aliphatic rings. The number of amides is 1. The quantitative estimate of drug-likeness (QED) is 0.715. The summed E-state index contributed by atoms with van der Waals surface area (Å²) in [6.07, 6.45) is 0. The molecule has 0 saturated carbocycles. The molecule has 0 aliphatic heterocycles. The first-order valence-electron chi connectivity index (χ1n) is 4.93. The van der Waals surface area contributed by atoms with Crippen molar-refractivity contribution in [2.75, 3.05) is 12.4 Å². The SMILES string of the molecule is COc1ccc(C(=O)O)c(NC(=O)[C@H](C)N)c1. The fourth-order valence-corrected chi connectivity index (χ4v) is 1.19. The van der Waals surface area contributed by atoms with Crippen molar-refractivity contribution in [1.29, 1.82) is 0 Å². The molecule has 6 heteroatoms. The van der Waals surface area contributed by atoms with Gasteiger partial charge in [0.15, 0.2) is 0 Å². The van der Waals surface area contributed by atoms with E-state index in [4.69, 9.17) is 15.6 Å². The van der Waals surface area contributed by atoms with Gasteiger partial charge in [-0.25, -0.2) is 4.79 Å². The minimum atomic E-state index is -1.13. The lowest BCUT2D eigenvalue weighted by molar-refractivity contribution is -0.117. The van der Waals surface area contributed by atoms with Gasteiger partial charge in [0.1, 0.15) is 5.75 Å². The van der Waals surface area contributed by atoms with Gasteiger partial charge in [-0.05, 0) is 19.1 Å². The molecular weight excluding hydrogens is 224 g/mol. The van der Waals surface area contributed by atoms with Crippen molar-refractivity contribution in [2.45, 2.75) is 13.0 Å². The first-order chi connectivity index (χ1) is 7.95. The zero-order valence-electron chi connectivity index (χ0n) is 9.56. The molecule has 0 saturated heterocycles. The number of methoxy groups -OCH3 is 1. The number of hydrogen-bond acceptors (Lipinski definition) is 4. The monoisotopic (exact) mass is 238 g/mol. The Morgan fingerprint density at radius 3 is 2.59 bits per heavy atom. The number of nitrogens with two attached hydrogens (primary N) is 1. The fraction of sp³-hybridized carbons (Fsp3) is 0.273. The molecule has 6 nitrogen and oxygen atoms in total. The van der Waals surface area contributed by atoms with Gasteiger partial charge in [0.05, 0.1) is 24.4 Å². The number of hydrogen-bond donors (Lipinski definition) is 3. The molecule has 1 aromatic carbocycles. The molecule has 0 unspecified atom stereocenters. The highest BCUT2D eigenvalue weighted by atomic mass is 16.5. The summed E-state index contributed by atoms with van der Waals surface area (Å²) in [6, 6.07) is 3.58. The molecule has 0 aliphatic carbocycles. The van der Waals surface area contributed by atoms with Crippen LogP contribution in [-0.4, -0.2) is 30.1 Å². The van der Waals surface area contributed by atoms with E-state index in [0.29, 0.717) is 5.75 Å². The van der Waals surface area contributed by atoms with Gasteiger partial charge in [-0.2, -0.15) is 0 Å². The number of benzene rings is 1. The third kappa shape index (κ3) is 3.18. The molecule has 0 aromatic heterocycles. The number of anilines is 1. The molecule has 0 bridgehead atoms. The molecule has 0 radical (unpaired) electrons. The molecule has 0 spiro atoms. The van der Waals surface area contributed by atoms with Crippen LogP contribution >= 0.6 is 0 Å². The number of carbonyl (C=O) groups excluding carboxylic acids is 1. The lowest BCUT2D eigenvalue weighted by atomic mass is 10.1. The summed E-state index contributed by atoms with van der Waals surface area (Å²) >= 11 is 0. The molecule has 0 heterocycles. The zero-order valence-corrected chi connectivity index (χ0v) is 9.56. The standard InChI is InChI=1S/C11H14N2O4/c1-6(12)10(14)13-9-5-7(17-2)3-4-8(9)11(15)16/h3-6H,12H2,1-2H3,(H,13,14)(H,15,16)/t6-/m0/s1. The van der Waals surface area contributed by atoms with Crippen LogP contribution < -0.4 is 15.8 Å². The fourth-order valence-electron chi connectivity index (χ4n) is 1.19. The Kier molecular flexibility index (Phi) is 4.06. The predicted molar refractivity (Wildman–Crippen MR) is 62.2 cm³/mol. The average Bonchev–Trinajstić information content (AvgIpc) is 2.28. The lowest BCUT2D eigenvalue weighted by Gasteiger charge is -2.11. The van der Waals surface area contributed by atoms with Gasteiger partial charge in [-0.3, -0.25) is 4.79 Å². The summed E-state index contributed by atoms with van der Waals surface area (Å²) in [4.78, 5) is 22.4. The van der Waals surface area contributed by atoms with Crippen LogP contribution in [0.2, 0.25) is 0 Å². The molecule has 17 heavy (non-hydrogen) atoms. The van der Waals surface area contributed by atoms with E-state index in [0.717, 1.165) is 0 Å². The highest BCUT2D eigenvalue weighted by Gasteiger charge is 2.15. The van der Waals surface area contributed by atoms with Gasteiger partial charge in [0.2, 0.25) is 5.91 Å². The van der Waals surface area contributed by atoms with Gasteiger partial charge >= 0.3 is 5.97 Å². The largest absolute Gasteiger partial charge is 0.497 e. The number of carbonyl (C=O) groups is 2. The van der Waals surface area contributed by atoms with Crippen LogP contribution in [-0.2, 0) is 4.79 Å². The number of rotatable bonds is 4. The van der Waals surface area contributed by atoms with E-state index in [1.165, 1.54) is 32.2 Å². The first-order valence-corrected chi connectivity index (χ1v) is 4.93. The summed E-state index contributed by atoms with van der Waals surface area (Å²) in [6.45, 7) is 1.51. The Labute approximate surface area is 98.4 Å². The molecule has 1 aromatic rings. The van der Waals surface area contributed by atoms with E-state index in [1.54, 1.807) is 0 Å². The third-order valence-corrected chi connectivity index (χ3v) is 2.13. The van der Waals surface area contributed by atoms with Crippen molar-refractivity contribution < 1.29 is 19.4 Å². The van der Waals surface area contributed by atoms with E-state index in [-0.39, 0.29) is 11.3 Å². The van der Waals surface area contributed by atoms with Crippen LogP contribution in [0.3, 0.4) is 0 Å². The minimum absolute atomic E-state index is 0.0141. The van der Waals surface area contributed by atoms with E-state index < -0.39 is 17.9 Å². The second-order valence-electron chi connectivity index (χ2n) is 3.49. The first kappa shape index (κ1) is 13.0. The van der Waals surface area contributed by atoms with Gasteiger partial charge in [-0.15, -0.1) is 0 Å². The van der Waals surface area contributed by atoms with Crippen LogP contribution in [0, 0.1) is 0 Å². The van der Waals surface area contributed by atoms with E-state index in [9.17, 15) is 9.59 Å². The van der Waals surface area contributed by atoms with Crippen LogP contribution in [0.15, 0.2) is 18.2 Å². The Morgan fingerprint density at radius 2 is 2.12 bits per heavy atom. The van der Waals surface area contributed by atoms with Gasteiger partial charge in [0, 0.05) is 6.07 Å². The molecule has 0 fully saturated rings. The molecule has 1 rings (SSSR count). The second-order valence-corrected chi connectivity index (χ2v) is 3.49. The summed E-state index contributed by atoms with van der Waals surface area (Å²) in [5.74, 6) is -1.14. The van der Waals surface area contributed by atoms with Gasteiger partial charge in [-0.1, -0.05) is 0 Å². The number of ether oxygens (including phenoxy) is 1. The van der Waals surface area contributed by atoms with Gasteiger partial charge in [0.25, 0.3) is 0 Å². The Balaban J connectivity index is 3.09. The van der Waals surface area contributed by atoms with Gasteiger partial charge < -0.3 is 20.9 Å².